The molecule has 2 N–H and O–H groups in total. The summed E-state index contributed by atoms with van der Waals surface area (Å²) in [5.41, 5.74) is -0.907. The molecule has 1 rings (SSSR count). The van der Waals surface area contributed by atoms with Crippen LogP contribution in [0.1, 0.15) is 38.5 Å². The summed E-state index contributed by atoms with van der Waals surface area (Å²) in [5, 5.41) is 11.8. The summed E-state index contributed by atoms with van der Waals surface area (Å²) in [6, 6.07) is 0. The zero-order chi connectivity index (χ0) is 13.6. The molecule has 0 aromatic rings. The molecule has 1 fully saturated rings. The fraction of sp³-hybridized carbons (Fsp3) is 0.750. The second-order valence-corrected chi connectivity index (χ2v) is 4.65. The summed E-state index contributed by atoms with van der Waals surface area (Å²) in [4.78, 5) is 33.7. The molecule has 0 atom stereocenters. The van der Waals surface area contributed by atoms with Gasteiger partial charge in [0.2, 0.25) is 5.91 Å². The van der Waals surface area contributed by atoms with Crippen molar-refractivity contribution in [3.8, 4) is 0 Å². The number of ether oxygens (including phenoxy) is 1. The van der Waals surface area contributed by atoms with Gasteiger partial charge in [0.25, 0.3) is 0 Å². The van der Waals surface area contributed by atoms with Gasteiger partial charge in [-0.1, -0.05) is 12.8 Å². The highest BCUT2D eigenvalue weighted by atomic mass is 16.5. The van der Waals surface area contributed by atoms with Crippen molar-refractivity contribution in [2.75, 3.05) is 13.7 Å². The predicted octanol–water partition coefficient (Wildman–Crippen LogP) is 0.701. The standard InChI is InChI=1S/C12H19NO5/c1-18-10(15)4-7-13-9(14)8-12(11(16)17)5-2-3-6-12/h2-8H2,1H3,(H,13,14)(H,16,17). The van der Waals surface area contributed by atoms with Crippen LogP contribution in [0.2, 0.25) is 0 Å². The van der Waals surface area contributed by atoms with Crippen molar-refractivity contribution in [2.45, 2.75) is 38.5 Å². The Balaban J connectivity index is 2.38. The molecule has 0 radical (unpaired) electrons. The normalized spacial score (nSPS) is 17.2. The highest BCUT2D eigenvalue weighted by molar-refractivity contribution is 5.85. The van der Waals surface area contributed by atoms with Crippen LogP contribution in [0.25, 0.3) is 0 Å². The van der Waals surface area contributed by atoms with Gasteiger partial charge in [0.15, 0.2) is 0 Å². The lowest BCUT2D eigenvalue weighted by Crippen LogP contribution is -2.36. The maximum absolute atomic E-state index is 11.7. The molecule has 1 saturated carbocycles. The number of hydrogen-bond donors (Lipinski definition) is 2. The van der Waals surface area contributed by atoms with E-state index >= 15 is 0 Å². The van der Waals surface area contributed by atoms with E-state index in [-0.39, 0.29) is 25.3 Å². The molecule has 1 amide bonds. The lowest BCUT2D eigenvalue weighted by atomic mass is 9.82. The van der Waals surface area contributed by atoms with E-state index in [4.69, 9.17) is 0 Å². The van der Waals surface area contributed by atoms with Crippen LogP contribution in [0.15, 0.2) is 0 Å². The largest absolute Gasteiger partial charge is 0.481 e. The molecule has 0 spiro atoms. The Morgan fingerprint density at radius 3 is 2.39 bits per heavy atom. The zero-order valence-corrected chi connectivity index (χ0v) is 10.5. The monoisotopic (exact) mass is 257 g/mol. The average Bonchev–Trinajstić information content (AvgIpc) is 2.78. The molecular formula is C12H19NO5. The SMILES string of the molecule is COC(=O)CCNC(=O)CC1(C(=O)O)CCCC1. The maximum Gasteiger partial charge on any atom is 0.310 e. The first-order valence-electron chi connectivity index (χ1n) is 6.07. The number of rotatable bonds is 6. The number of nitrogens with one attached hydrogen (secondary N) is 1. The second kappa shape index (κ2) is 6.37. The number of carbonyl (C=O) groups excluding carboxylic acids is 2. The van der Waals surface area contributed by atoms with Crippen molar-refractivity contribution in [2.24, 2.45) is 5.41 Å². The van der Waals surface area contributed by atoms with Gasteiger partial charge in [-0.3, -0.25) is 14.4 Å². The van der Waals surface area contributed by atoms with E-state index in [1.54, 1.807) is 0 Å². The molecule has 6 heteroatoms. The van der Waals surface area contributed by atoms with Gasteiger partial charge in [-0.05, 0) is 12.8 Å². The number of carboxylic acid groups (broad SMARTS) is 1. The minimum absolute atomic E-state index is 0.0104. The molecular weight excluding hydrogens is 238 g/mol. The van der Waals surface area contributed by atoms with E-state index in [9.17, 15) is 19.5 Å². The fourth-order valence-electron chi connectivity index (χ4n) is 2.29. The fourth-order valence-corrected chi connectivity index (χ4v) is 2.29. The Morgan fingerprint density at radius 1 is 1.28 bits per heavy atom. The Morgan fingerprint density at radius 2 is 1.89 bits per heavy atom. The van der Waals surface area contributed by atoms with Crippen LogP contribution >= 0.6 is 0 Å². The molecule has 0 aliphatic heterocycles. The van der Waals surface area contributed by atoms with Crippen LogP contribution in [0, 0.1) is 5.41 Å². The minimum atomic E-state index is -0.907. The number of methoxy groups -OCH3 is 1. The lowest BCUT2D eigenvalue weighted by Gasteiger charge is -2.22. The molecule has 6 nitrogen and oxygen atoms in total. The third-order valence-corrected chi connectivity index (χ3v) is 3.39. The number of aliphatic carboxylic acids is 1. The number of carboxylic acids is 1. The Bertz CT molecular complexity index is 333. The molecule has 102 valence electrons. The number of carbonyl (C=O) groups is 3. The number of hydrogen-bond acceptors (Lipinski definition) is 4. The first kappa shape index (κ1) is 14.5. The first-order valence-corrected chi connectivity index (χ1v) is 6.07. The molecule has 18 heavy (non-hydrogen) atoms. The van der Waals surface area contributed by atoms with Crippen molar-refractivity contribution in [1.82, 2.24) is 5.32 Å². The first-order chi connectivity index (χ1) is 8.50. The number of esters is 1. The molecule has 0 heterocycles. The summed E-state index contributed by atoms with van der Waals surface area (Å²) >= 11 is 0. The molecule has 0 aromatic heterocycles. The molecule has 1 aliphatic rings. The van der Waals surface area contributed by atoms with E-state index in [0.29, 0.717) is 12.8 Å². The highest BCUT2D eigenvalue weighted by Gasteiger charge is 2.42. The van der Waals surface area contributed by atoms with E-state index in [0.717, 1.165) is 12.8 Å². The van der Waals surface area contributed by atoms with Crippen LogP contribution < -0.4 is 5.32 Å². The van der Waals surface area contributed by atoms with E-state index < -0.39 is 17.4 Å². The van der Waals surface area contributed by atoms with Gasteiger partial charge in [-0.25, -0.2) is 0 Å². The smallest absolute Gasteiger partial charge is 0.310 e. The summed E-state index contributed by atoms with van der Waals surface area (Å²) in [5.74, 6) is -1.62. The van der Waals surface area contributed by atoms with Gasteiger partial charge < -0.3 is 15.2 Å². The van der Waals surface area contributed by atoms with E-state index in [2.05, 4.69) is 10.1 Å². The molecule has 0 bridgehead atoms. The van der Waals surface area contributed by atoms with E-state index in [1.165, 1.54) is 7.11 Å². The molecule has 1 aliphatic carbocycles. The van der Waals surface area contributed by atoms with Gasteiger partial charge in [0.05, 0.1) is 18.9 Å². The maximum atomic E-state index is 11.7. The Labute approximate surface area is 106 Å². The molecule has 0 aromatic carbocycles. The van der Waals surface area contributed by atoms with Crippen molar-refractivity contribution in [1.29, 1.82) is 0 Å². The van der Waals surface area contributed by atoms with Gasteiger partial charge in [-0.15, -0.1) is 0 Å². The van der Waals surface area contributed by atoms with Gasteiger partial charge in [0.1, 0.15) is 0 Å². The van der Waals surface area contributed by atoms with Gasteiger partial charge in [0, 0.05) is 13.0 Å². The van der Waals surface area contributed by atoms with Crippen LogP contribution in [-0.2, 0) is 19.1 Å². The van der Waals surface area contributed by atoms with Crippen LogP contribution in [-0.4, -0.2) is 36.6 Å². The second-order valence-electron chi connectivity index (χ2n) is 4.65. The minimum Gasteiger partial charge on any atom is -0.481 e. The van der Waals surface area contributed by atoms with Crippen LogP contribution in [0.4, 0.5) is 0 Å². The molecule has 0 saturated heterocycles. The van der Waals surface area contributed by atoms with Crippen LogP contribution in [0.3, 0.4) is 0 Å². The topological polar surface area (TPSA) is 92.7 Å². The summed E-state index contributed by atoms with van der Waals surface area (Å²) in [6.07, 6.45) is 2.88. The van der Waals surface area contributed by atoms with Crippen LogP contribution in [0.5, 0.6) is 0 Å². The van der Waals surface area contributed by atoms with E-state index in [1.807, 2.05) is 0 Å². The highest BCUT2D eigenvalue weighted by Crippen LogP contribution is 2.41. The van der Waals surface area contributed by atoms with Gasteiger partial charge in [-0.2, -0.15) is 0 Å². The number of amides is 1. The molecule has 0 unspecified atom stereocenters. The average molecular weight is 257 g/mol. The summed E-state index contributed by atoms with van der Waals surface area (Å²) < 4.78 is 4.44. The Kier molecular flexibility index (Phi) is 5.12. The summed E-state index contributed by atoms with van der Waals surface area (Å²) in [6.45, 7) is 0.182. The van der Waals surface area contributed by atoms with Crippen molar-refractivity contribution in [3.63, 3.8) is 0 Å². The van der Waals surface area contributed by atoms with Crippen molar-refractivity contribution < 1.29 is 24.2 Å². The summed E-state index contributed by atoms with van der Waals surface area (Å²) in [7, 11) is 1.28. The quantitative estimate of drug-likeness (QED) is 0.683. The third kappa shape index (κ3) is 3.72. The zero-order valence-electron chi connectivity index (χ0n) is 10.5. The third-order valence-electron chi connectivity index (χ3n) is 3.39. The predicted molar refractivity (Wildman–Crippen MR) is 62.8 cm³/mol. The van der Waals surface area contributed by atoms with Crippen molar-refractivity contribution >= 4 is 17.8 Å². The van der Waals surface area contributed by atoms with Crippen molar-refractivity contribution in [3.05, 3.63) is 0 Å². The van der Waals surface area contributed by atoms with Gasteiger partial charge >= 0.3 is 11.9 Å². The Hall–Kier alpha value is -1.59. The lowest BCUT2D eigenvalue weighted by molar-refractivity contribution is -0.151.